The molecule has 0 heterocycles. The van der Waals surface area contributed by atoms with Crippen molar-refractivity contribution in [2.75, 3.05) is 25.1 Å². The predicted molar refractivity (Wildman–Crippen MR) is 76.5 cm³/mol. The minimum atomic E-state index is -2.85. The zero-order valence-corrected chi connectivity index (χ0v) is 12.0. The van der Waals surface area contributed by atoms with E-state index in [2.05, 4.69) is 17.4 Å². The van der Waals surface area contributed by atoms with E-state index in [1.165, 1.54) is 5.56 Å². The van der Waals surface area contributed by atoms with Crippen molar-refractivity contribution < 1.29 is 8.42 Å². The summed E-state index contributed by atoms with van der Waals surface area (Å²) in [7, 11) is -0.944. The van der Waals surface area contributed by atoms with Crippen molar-refractivity contribution in [3.8, 4) is 0 Å². The molecule has 0 saturated heterocycles. The largest absolute Gasteiger partial charge is 0.319 e. The molecule has 0 aromatic heterocycles. The van der Waals surface area contributed by atoms with Gasteiger partial charge in [0.15, 0.2) is 0 Å². The maximum Gasteiger partial charge on any atom is 0.150 e. The fourth-order valence-electron chi connectivity index (χ4n) is 2.00. The summed E-state index contributed by atoms with van der Waals surface area (Å²) in [5.41, 5.74) is 1.27. The highest BCUT2D eigenvalue weighted by molar-refractivity contribution is 7.91. The van der Waals surface area contributed by atoms with Crippen LogP contribution in [0.15, 0.2) is 30.3 Å². The van der Waals surface area contributed by atoms with Gasteiger partial charge in [-0.05, 0) is 37.9 Å². The van der Waals surface area contributed by atoms with Crippen molar-refractivity contribution in [3.05, 3.63) is 35.9 Å². The molecule has 0 saturated carbocycles. The van der Waals surface area contributed by atoms with E-state index in [-0.39, 0.29) is 5.75 Å². The number of hydrogen-bond donors (Lipinski definition) is 1. The van der Waals surface area contributed by atoms with Crippen molar-refractivity contribution in [1.82, 2.24) is 5.32 Å². The molecule has 0 radical (unpaired) electrons. The van der Waals surface area contributed by atoms with Crippen LogP contribution in [0.4, 0.5) is 0 Å². The summed E-state index contributed by atoms with van der Waals surface area (Å²) in [4.78, 5) is 0. The summed E-state index contributed by atoms with van der Waals surface area (Å²) < 4.78 is 23.1. The van der Waals surface area contributed by atoms with Gasteiger partial charge in [-0.2, -0.15) is 0 Å². The van der Waals surface area contributed by atoms with Gasteiger partial charge in [-0.1, -0.05) is 37.3 Å². The minimum Gasteiger partial charge on any atom is -0.319 e. The summed E-state index contributed by atoms with van der Waals surface area (Å²) in [5.74, 6) is 0.909. The number of nitrogens with one attached hydrogen (secondary N) is 1. The van der Waals surface area contributed by atoms with Gasteiger partial charge < -0.3 is 5.32 Å². The third kappa shape index (κ3) is 5.65. The molecule has 0 aliphatic heterocycles. The molecule has 0 aliphatic rings. The predicted octanol–water partition coefficient (Wildman–Crippen LogP) is 1.89. The second kappa shape index (κ2) is 7.54. The van der Waals surface area contributed by atoms with Crippen LogP contribution in [0, 0.1) is 5.92 Å². The molecule has 18 heavy (non-hydrogen) atoms. The molecule has 4 heteroatoms. The SMILES string of the molecule is CCS(=O)(=O)CCC(CNC)Cc1ccccc1. The average molecular weight is 269 g/mol. The fourth-order valence-corrected chi connectivity index (χ4v) is 2.98. The molecule has 0 spiro atoms. The van der Waals surface area contributed by atoms with E-state index < -0.39 is 9.84 Å². The monoisotopic (exact) mass is 269 g/mol. The number of hydrogen-bond acceptors (Lipinski definition) is 3. The van der Waals surface area contributed by atoms with Crippen molar-refractivity contribution >= 4 is 9.84 Å². The zero-order chi connectivity index (χ0) is 13.4. The Bertz CT molecular complexity index is 428. The molecular weight excluding hydrogens is 246 g/mol. The first-order valence-corrected chi connectivity index (χ1v) is 8.28. The maximum atomic E-state index is 11.5. The highest BCUT2D eigenvalue weighted by Crippen LogP contribution is 2.13. The smallest absolute Gasteiger partial charge is 0.150 e. The summed E-state index contributed by atoms with van der Waals surface area (Å²) in [6, 6.07) is 10.2. The average Bonchev–Trinajstić information content (AvgIpc) is 2.38. The van der Waals surface area contributed by atoms with Crippen LogP contribution in [0.1, 0.15) is 18.9 Å². The standard InChI is InChI=1S/C14H23NO2S/c1-3-18(16,17)10-9-14(12-15-2)11-13-7-5-4-6-8-13/h4-8,14-15H,3,9-12H2,1-2H3. The van der Waals surface area contributed by atoms with Gasteiger partial charge in [0.25, 0.3) is 0 Å². The quantitative estimate of drug-likeness (QED) is 0.784. The Morgan fingerprint density at radius 2 is 1.89 bits per heavy atom. The molecule has 1 rings (SSSR count). The van der Waals surface area contributed by atoms with E-state index in [4.69, 9.17) is 0 Å². The van der Waals surface area contributed by atoms with Crippen LogP contribution in [0.5, 0.6) is 0 Å². The van der Waals surface area contributed by atoms with Gasteiger partial charge in [0.1, 0.15) is 9.84 Å². The van der Waals surface area contributed by atoms with Gasteiger partial charge in [-0.3, -0.25) is 0 Å². The van der Waals surface area contributed by atoms with Crippen molar-refractivity contribution in [2.45, 2.75) is 19.8 Å². The number of rotatable bonds is 8. The van der Waals surface area contributed by atoms with Crippen LogP contribution in [0.2, 0.25) is 0 Å². The van der Waals surface area contributed by atoms with Gasteiger partial charge in [0.2, 0.25) is 0 Å². The highest BCUT2D eigenvalue weighted by atomic mass is 32.2. The Labute approximate surface area is 111 Å². The molecule has 0 amide bonds. The number of sulfone groups is 1. The molecular formula is C14H23NO2S. The van der Waals surface area contributed by atoms with Crippen LogP contribution in [-0.2, 0) is 16.3 Å². The van der Waals surface area contributed by atoms with E-state index in [9.17, 15) is 8.42 Å². The third-order valence-electron chi connectivity index (χ3n) is 3.14. The van der Waals surface area contributed by atoms with Gasteiger partial charge in [-0.15, -0.1) is 0 Å². The van der Waals surface area contributed by atoms with Crippen LogP contribution >= 0.6 is 0 Å². The normalized spacial score (nSPS) is 13.4. The third-order valence-corrected chi connectivity index (χ3v) is 4.87. The van der Waals surface area contributed by atoms with Gasteiger partial charge >= 0.3 is 0 Å². The lowest BCUT2D eigenvalue weighted by Crippen LogP contribution is -2.24. The lowest BCUT2D eigenvalue weighted by molar-refractivity contribution is 0.478. The molecule has 0 fully saturated rings. The summed E-state index contributed by atoms with van der Waals surface area (Å²) in [6.07, 6.45) is 1.66. The van der Waals surface area contributed by atoms with E-state index in [0.29, 0.717) is 11.7 Å². The molecule has 102 valence electrons. The first-order valence-electron chi connectivity index (χ1n) is 6.46. The highest BCUT2D eigenvalue weighted by Gasteiger charge is 2.14. The molecule has 3 nitrogen and oxygen atoms in total. The van der Waals surface area contributed by atoms with Crippen molar-refractivity contribution in [3.63, 3.8) is 0 Å². The lowest BCUT2D eigenvalue weighted by Gasteiger charge is -2.16. The zero-order valence-electron chi connectivity index (χ0n) is 11.2. The van der Waals surface area contributed by atoms with Crippen LogP contribution < -0.4 is 5.32 Å². The second-order valence-corrected chi connectivity index (χ2v) is 7.11. The fraction of sp³-hybridized carbons (Fsp3) is 0.571. The van der Waals surface area contributed by atoms with Crippen molar-refractivity contribution in [1.29, 1.82) is 0 Å². The molecule has 1 unspecified atom stereocenters. The van der Waals surface area contributed by atoms with Crippen LogP contribution in [-0.4, -0.2) is 33.5 Å². The molecule has 0 bridgehead atoms. The van der Waals surface area contributed by atoms with Crippen molar-refractivity contribution in [2.24, 2.45) is 5.92 Å². The van der Waals surface area contributed by atoms with Gasteiger partial charge in [0, 0.05) is 5.75 Å². The Balaban J connectivity index is 2.55. The van der Waals surface area contributed by atoms with Crippen LogP contribution in [0.25, 0.3) is 0 Å². The number of benzene rings is 1. The summed E-state index contributed by atoms with van der Waals surface area (Å²) in [5, 5.41) is 3.15. The molecule has 1 aromatic rings. The topological polar surface area (TPSA) is 46.2 Å². The summed E-state index contributed by atoms with van der Waals surface area (Å²) >= 11 is 0. The maximum absolute atomic E-state index is 11.5. The van der Waals surface area contributed by atoms with E-state index in [1.54, 1.807) is 6.92 Å². The Morgan fingerprint density at radius 3 is 2.44 bits per heavy atom. The molecule has 1 N–H and O–H groups in total. The van der Waals surface area contributed by atoms with Gasteiger partial charge in [0.05, 0.1) is 5.75 Å². The van der Waals surface area contributed by atoms with E-state index in [1.807, 2.05) is 25.2 Å². The Kier molecular flexibility index (Phi) is 6.36. The second-order valence-electron chi connectivity index (χ2n) is 4.64. The van der Waals surface area contributed by atoms with E-state index in [0.717, 1.165) is 19.4 Å². The molecule has 0 aliphatic carbocycles. The Hall–Kier alpha value is -0.870. The Morgan fingerprint density at radius 1 is 1.22 bits per heavy atom. The molecule has 1 aromatic carbocycles. The first kappa shape index (κ1) is 15.2. The summed E-state index contributed by atoms with van der Waals surface area (Å²) in [6.45, 7) is 2.56. The van der Waals surface area contributed by atoms with E-state index >= 15 is 0 Å². The van der Waals surface area contributed by atoms with Gasteiger partial charge in [-0.25, -0.2) is 8.42 Å². The minimum absolute atomic E-state index is 0.241. The first-order chi connectivity index (χ1) is 8.57. The van der Waals surface area contributed by atoms with Crippen LogP contribution in [0.3, 0.4) is 0 Å². The molecule has 1 atom stereocenters. The lowest BCUT2D eigenvalue weighted by atomic mass is 9.97.